The van der Waals surface area contributed by atoms with E-state index in [2.05, 4.69) is 166 Å². The van der Waals surface area contributed by atoms with Gasteiger partial charge in [0, 0.05) is 68.1 Å². The van der Waals surface area contributed by atoms with E-state index in [0.29, 0.717) is 78.1 Å². The Morgan fingerprint density at radius 3 is 1.30 bits per heavy atom. The lowest BCUT2D eigenvalue weighted by Gasteiger charge is -2.37. The third-order valence-electron chi connectivity index (χ3n) is 21.6. The number of nitrogens with two attached hydrogens (primary N) is 2. The van der Waals surface area contributed by atoms with Gasteiger partial charge in [-0.1, -0.05) is 137 Å². The zero-order valence-electron chi connectivity index (χ0n) is 62.8. The van der Waals surface area contributed by atoms with Crippen molar-refractivity contribution in [1.29, 1.82) is 0 Å². The molecule has 10 N–H and O–H groups in total. The molecule has 4 aliphatic carbocycles. The number of carbonyl (C=O) groups excluding carboxylic acids is 1. The van der Waals surface area contributed by atoms with Gasteiger partial charge in [-0.2, -0.15) is 0 Å². The van der Waals surface area contributed by atoms with Crippen molar-refractivity contribution in [3.05, 3.63) is 203 Å². The number of nitrogens with one attached hydrogen (secondary N) is 4. The fourth-order valence-electron chi connectivity index (χ4n) is 14.9. The lowest BCUT2D eigenvalue weighted by Crippen LogP contribution is -2.40. The summed E-state index contributed by atoms with van der Waals surface area (Å²) >= 11 is 9.99. The second-order valence-electron chi connectivity index (χ2n) is 32.9. The van der Waals surface area contributed by atoms with Gasteiger partial charge >= 0.3 is 29.9 Å². The maximum atomic E-state index is 13.2. The summed E-state index contributed by atoms with van der Waals surface area (Å²) in [5.41, 5.74) is 16.7. The number of nitrogen functional groups attached to an aromatic ring is 1. The Labute approximate surface area is 640 Å². The highest BCUT2D eigenvalue weighted by atomic mass is 79.9. The SMILES string of the molecule is CC(C)(C)C1CCC(N)CC1.CC(C)(C)C1CCC(NC(=O)c2cc(Br)ccc2N)CC1.CC(C)(C)C1CCC(n2c(=O)[nH]c3ccc(-c4ccncc4)cc3c2=O)CC1.CC(C)(C)C1CCC(n2c(=O)[nH]c3ccc(Br)cc3c2=O)CC1.O=c1[nH]c2ccc(Br)cc2c(=O)o1.OB(O)c1ccncc1. The summed E-state index contributed by atoms with van der Waals surface area (Å²) in [7, 11) is -1.38. The minimum Gasteiger partial charge on any atom is -0.423 e. The Bertz CT molecular complexity index is 4750. The number of amides is 1. The number of H-pyrrole nitrogens is 3. The van der Waals surface area contributed by atoms with Gasteiger partial charge in [-0.05, 0) is 256 Å². The van der Waals surface area contributed by atoms with Gasteiger partial charge in [0.05, 0.1) is 38.3 Å². The fraction of sp³-hybridized carbons (Fsp3) is 0.494. The summed E-state index contributed by atoms with van der Waals surface area (Å²) in [5.74, 6) is 2.15. The molecule has 1 amide bonds. The molecule has 4 aliphatic rings. The molecule has 4 saturated carbocycles. The summed E-state index contributed by atoms with van der Waals surface area (Å²) in [5, 5.41) is 21.7. The molecule has 4 fully saturated rings. The first-order chi connectivity index (χ1) is 49.4. The van der Waals surface area contributed by atoms with E-state index in [1.807, 2.05) is 42.5 Å². The number of hydrogen-bond acceptors (Lipinski definition) is 14. The van der Waals surface area contributed by atoms with Crippen LogP contribution in [-0.4, -0.2) is 69.2 Å². The molecule has 9 aromatic rings. The molecule has 0 bridgehead atoms. The number of aromatic nitrogens is 7. The molecule has 0 atom stereocenters. The van der Waals surface area contributed by atoms with Crippen LogP contribution >= 0.6 is 47.8 Å². The Balaban J connectivity index is 0.000000166. The number of halogens is 3. The Morgan fingerprint density at radius 1 is 0.486 bits per heavy atom. The van der Waals surface area contributed by atoms with Gasteiger partial charge < -0.3 is 41.2 Å². The van der Waals surface area contributed by atoms with E-state index < -0.39 is 18.5 Å². The molecule has 13 rings (SSSR count). The average molecular weight is 1630 g/mol. The number of anilines is 1. The molecule has 24 heteroatoms. The molecule has 0 radical (unpaired) electrons. The topological polar surface area (TPSA) is 320 Å². The van der Waals surface area contributed by atoms with Crippen LogP contribution in [0.25, 0.3) is 43.8 Å². The molecule has 0 unspecified atom stereocenters. The zero-order valence-corrected chi connectivity index (χ0v) is 67.6. The third-order valence-corrected chi connectivity index (χ3v) is 23.1. The van der Waals surface area contributed by atoms with Crippen molar-refractivity contribution in [2.75, 3.05) is 5.73 Å². The lowest BCUT2D eigenvalue weighted by molar-refractivity contribution is 0.0904. The number of pyridine rings is 2. The van der Waals surface area contributed by atoms with Gasteiger partial charge in [-0.25, -0.2) is 19.2 Å². The van der Waals surface area contributed by atoms with Crippen LogP contribution in [0.15, 0.2) is 168 Å². The first kappa shape index (κ1) is 83.3. The van der Waals surface area contributed by atoms with Crippen molar-refractivity contribution in [3.8, 4) is 11.1 Å². The molecule has 0 aliphatic heterocycles. The highest BCUT2D eigenvalue weighted by molar-refractivity contribution is 9.11. The first-order valence-electron chi connectivity index (χ1n) is 36.7. The van der Waals surface area contributed by atoms with Gasteiger partial charge in [0.2, 0.25) is 0 Å². The highest BCUT2D eigenvalue weighted by Gasteiger charge is 2.35. The molecule has 20 nitrogen and oxygen atoms in total. The van der Waals surface area contributed by atoms with E-state index in [1.54, 1.807) is 67.0 Å². The summed E-state index contributed by atoms with van der Waals surface area (Å²) in [4.78, 5) is 101. The maximum Gasteiger partial charge on any atom is 0.488 e. The fourth-order valence-corrected chi connectivity index (χ4v) is 16.0. The standard InChI is InChI=1S/C23H27N3O2.C18H23BrN2O2.C17H25BrN2O.C10H21N.C8H4BrNO3.C5H6BNO2/c1-23(2,3)17-5-7-18(8-6-17)26-21(27)19-14-16(15-10-12-24-13-11-15)4-9-20(19)25-22(26)28;1-18(2,3)11-4-7-13(8-5-11)21-16(22)14-10-12(19)6-9-15(14)20-17(21)23;1-17(2,3)11-4-7-13(8-5-11)20-16(21)14-10-12(18)6-9-15(14)19;1-10(2,3)8-4-6-9(11)7-5-8;9-4-1-2-6-5(3-4)7(11)13-8(12)10-6;8-6(9)5-1-3-7-4-2-5/h4,9-14,17-18H,5-8H2,1-3H3,(H,25,28);6,9-11,13H,4-5,7-8H2,1-3H3,(H,20,23);6,9-11,13H,4-5,7-8,19H2,1-3H3,(H,20,21);8-9H,4-7,11H2,1-3H3;1-3H,(H,10,12);1-4,8-9H. The van der Waals surface area contributed by atoms with Gasteiger partial charge in [0.1, 0.15) is 0 Å². The average Bonchev–Trinajstić information content (AvgIpc) is 0.772. The molecule has 4 aromatic carbocycles. The summed E-state index contributed by atoms with van der Waals surface area (Å²) in [6, 6.07) is 29.0. The smallest absolute Gasteiger partial charge is 0.423 e. The number of hydrogen-bond donors (Lipinski definition) is 8. The molecule has 0 spiro atoms. The third kappa shape index (κ3) is 23.3. The van der Waals surface area contributed by atoms with Crippen molar-refractivity contribution < 1.29 is 19.3 Å². The van der Waals surface area contributed by atoms with E-state index in [4.69, 9.17) is 21.5 Å². The van der Waals surface area contributed by atoms with Crippen molar-refractivity contribution in [3.63, 3.8) is 0 Å². The monoisotopic (exact) mass is 1630 g/mol. The van der Waals surface area contributed by atoms with Crippen LogP contribution < -0.4 is 56.1 Å². The van der Waals surface area contributed by atoms with E-state index in [1.165, 1.54) is 60.1 Å². The number of rotatable bonds is 6. The molecule has 5 heterocycles. The second kappa shape index (κ2) is 36.5. The molecule has 564 valence electrons. The quantitative estimate of drug-likeness (QED) is 0.0567. The Hall–Kier alpha value is -7.35. The molecule has 0 saturated heterocycles. The largest absolute Gasteiger partial charge is 0.488 e. The molecular formula is C81H106BBr3N10O10. The minimum absolute atomic E-state index is 0.00762. The van der Waals surface area contributed by atoms with E-state index >= 15 is 0 Å². The van der Waals surface area contributed by atoms with Crippen molar-refractivity contribution in [2.24, 2.45) is 51.1 Å². The first-order valence-corrected chi connectivity index (χ1v) is 39.1. The van der Waals surface area contributed by atoms with Crippen LogP contribution in [0, 0.1) is 45.3 Å². The van der Waals surface area contributed by atoms with Crippen molar-refractivity contribution >= 4 is 105 Å². The van der Waals surface area contributed by atoms with Gasteiger partial charge in [0.15, 0.2) is 0 Å². The van der Waals surface area contributed by atoms with E-state index in [-0.39, 0.29) is 57.4 Å². The van der Waals surface area contributed by atoms with E-state index in [9.17, 15) is 33.6 Å². The van der Waals surface area contributed by atoms with Crippen LogP contribution in [0.3, 0.4) is 0 Å². The number of fused-ring (bicyclic) bond motifs is 3. The maximum absolute atomic E-state index is 13.2. The van der Waals surface area contributed by atoms with E-state index in [0.717, 1.165) is 101 Å². The minimum atomic E-state index is -1.38. The predicted octanol–water partition coefficient (Wildman–Crippen LogP) is 15.7. The Morgan fingerprint density at radius 2 is 0.867 bits per heavy atom. The molecule has 105 heavy (non-hydrogen) atoms. The van der Waals surface area contributed by atoms with Crippen LogP contribution in [-0.2, 0) is 0 Å². The van der Waals surface area contributed by atoms with Crippen LogP contribution in [0.4, 0.5) is 5.69 Å². The Kier molecular flexibility index (Phi) is 29.0. The second-order valence-corrected chi connectivity index (χ2v) is 35.6. The van der Waals surface area contributed by atoms with Crippen LogP contribution in [0.5, 0.6) is 0 Å². The van der Waals surface area contributed by atoms with Crippen LogP contribution in [0.1, 0.15) is 208 Å². The lowest BCUT2D eigenvalue weighted by atomic mass is 9.71. The summed E-state index contributed by atoms with van der Waals surface area (Å²) in [6.45, 7) is 27.6. The van der Waals surface area contributed by atoms with Gasteiger partial charge in [-0.15, -0.1) is 0 Å². The number of benzene rings is 4. The molecule has 5 aromatic heterocycles. The zero-order chi connectivity index (χ0) is 76.9. The van der Waals surface area contributed by atoms with Crippen LogP contribution in [0.2, 0.25) is 0 Å². The number of aromatic amines is 3. The normalized spacial score (nSPS) is 20.6. The van der Waals surface area contributed by atoms with Crippen molar-refractivity contribution in [2.45, 2.75) is 210 Å². The predicted molar refractivity (Wildman–Crippen MR) is 435 cm³/mol. The highest BCUT2D eigenvalue weighted by Crippen LogP contribution is 2.43. The summed E-state index contributed by atoms with van der Waals surface area (Å²) in [6.07, 6.45) is 23.9. The number of nitrogens with zero attached hydrogens (tertiary/aromatic N) is 4. The molecular weight excluding hydrogens is 1520 g/mol. The van der Waals surface area contributed by atoms with Gasteiger partial charge in [-0.3, -0.25) is 38.5 Å². The van der Waals surface area contributed by atoms with Crippen molar-refractivity contribution in [1.82, 2.24) is 39.4 Å². The summed E-state index contributed by atoms with van der Waals surface area (Å²) < 4.78 is 9.73. The van der Waals surface area contributed by atoms with Gasteiger partial charge in [0.25, 0.3) is 17.0 Å². The number of carbonyl (C=O) groups is 1.